The largest absolute Gasteiger partial charge is 0.361 e. The summed E-state index contributed by atoms with van der Waals surface area (Å²) in [6, 6.07) is 5.99. The van der Waals surface area contributed by atoms with Crippen LogP contribution in [0, 0.1) is 6.92 Å². The maximum Gasteiger partial charge on any atom is 0.191 e. The number of rotatable bonds is 6. The Labute approximate surface area is 137 Å². The van der Waals surface area contributed by atoms with Gasteiger partial charge in [0.15, 0.2) is 5.96 Å². The van der Waals surface area contributed by atoms with Crippen LogP contribution in [-0.2, 0) is 25.9 Å². The van der Waals surface area contributed by atoms with Gasteiger partial charge in [-0.1, -0.05) is 25.1 Å². The van der Waals surface area contributed by atoms with E-state index in [2.05, 4.69) is 39.6 Å². The third kappa shape index (κ3) is 4.55. The molecular formula is C17H25N5O. The van der Waals surface area contributed by atoms with E-state index in [4.69, 9.17) is 4.52 Å². The van der Waals surface area contributed by atoms with Crippen LogP contribution in [-0.4, -0.2) is 23.1 Å². The lowest BCUT2D eigenvalue weighted by molar-refractivity contribution is 0.380. The molecule has 2 aromatic rings. The predicted octanol–water partition coefficient (Wildman–Crippen LogP) is 2.37. The molecule has 0 radical (unpaired) electrons. The van der Waals surface area contributed by atoms with E-state index in [1.807, 2.05) is 25.1 Å². The lowest BCUT2D eigenvalue weighted by Gasteiger charge is -2.12. The number of aliphatic imine (C=N–C) groups is 1. The highest BCUT2D eigenvalue weighted by Crippen LogP contribution is 2.15. The van der Waals surface area contributed by atoms with Crippen molar-refractivity contribution in [3.05, 3.63) is 46.6 Å². The number of aromatic nitrogens is 2. The summed E-state index contributed by atoms with van der Waals surface area (Å²) >= 11 is 0. The fourth-order valence-electron chi connectivity index (χ4n) is 2.40. The van der Waals surface area contributed by atoms with Crippen molar-refractivity contribution in [3.8, 4) is 0 Å². The second kappa shape index (κ2) is 8.31. The molecule has 0 aliphatic heterocycles. The quantitative estimate of drug-likeness (QED) is 0.632. The molecule has 2 aromatic heterocycles. The van der Waals surface area contributed by atoms with Gasteiger partial charge in [0, 0.05) is 31.3 Å². The van der Waals surface area contributed by atoms with E-state index in [9.17, 15) is 0 Å². The highest BCUT2D eigenvalue weighted by molar-refractivity contribution is 5.79. The fraction of sp³-hybridized carbons (Fsp3) is 0.471. The van der Waals surface area contributed by atoms with E-state index < -0.39 is 0 Å². The van der Waals surface area contributed by atoms with Gasteiger partial charge in [0.05, 0.1) is 17.9 Å². The summed E-state index contributed by atoms with van der Waals surface area (Å²) in [6.07, 6.45) is 1.70. The SMILES string of the molecule is CCc1noc(CC)c1CNC(=NC)NCc1cccc(C)n1. The van der Waals surface area contributed by atoms with Crippen molar-refractivity contribution in [3.63, 3.8) is 0 Å². The highest BCUT2D eigenvalue weighted by atomic mass is 16.5. The van der Waals surface area contributed by atoms with Gasteiger partial charge in [-0.15, -0.1) is 0 Å². The van der Waals surface area contributed by atoms with Crippen molar-refractivity contribution in [2.75, 3.05) is 7.05 Å². The van der Waals surface area contributed by atoms with Crippen LogP contribution in [0.1, 0.15) is 42.3 Å². The third-order valence-electron chi connectivity index (χ3n) is 3.65. The average Bonchev–Trinajstić information content (AvgIpc) is 2.97. The third-order valence-corrected chi connectivity index (χ3v) is 3.65. The van der Waals surface area contributed by atoms with Gasteiger partial charge in [-0.2, -0.15) is 0 Å². The maximum atomic E-state index is 5.38. The molecule has 6 nitrogen and oxygen atoms in total. The standard InChI is InChI=1S/C17H25N5O/c1-5-15-14(16(6-2)23-22-15)11-20-17(18-4)19-10-13-9-7-8-12(3)21-13/h7-9H,5-6,10-11H2,1-4H3,(H2,18,19,20). The minimum Gasteiger partial charge on any atom is -0.361 e. The first-order chi connectivity index (χ1) is 11.2. The van der Waals surface area contributed by atoms with Crippen LogP contribution in [0.4, 0.5) is 0 Å². The Morgan fingerprint density at radius 3 is 2.61 bits per heavy atom. The van der Waals surface area contributed by atoms with Crippen molar-refractivity contribution in [2.24, 2.45) is 4.99 Å². The van der Waals surface area contributed by atoms with Crippen LogP contribution in [0.25, 0.3) is 0 Å². The molecule has 0 bridgehead atoms. The molecule has 0 fully saturated rings. The zero-order valence-corrected chi connectivity index (χ0v) is 14.3. The summed E-state index contributed by atoms with van der Waals surface area (Å²) in [5.41, 5.74) is 4.13. The van der Waals surface area contributed by atoms with Crippen LogP contribution in [0.15, 0.2) is 27.7 Å². The number of nitrogens with zero attached hydrogens (tertiary/aromatic N) is 3. The van der Waals surface area contributed by atoms with Crippen molar-refractivity contribution in [2.45, 2.75) is 46.7 Å². The molecule has 124 valence electrons. The Hall–Kier alpha value is -2.37. The molecule has 0 unspecified atom stereocenters. The minimum atomic E-state index is 0.631. The topological polar surface area (TPSA) is 75.3 Å². The molecule has 0 saturated heterocycles. The first kappa shape index (κ1) is 17.0. The minimum absolute atomic E-state index is 0.631. The van der Waals surface area contributed by atoms with Gasteiger partial charge in [0.2, 0.25) is 0 Å². The molecule has 0 aliphatic rings. The summed E-state index contributed by atoms with van der Waals surface area (Å²) in [5.74, 6) is 1.67. The molecule has 0 aromatic carbocycles. The predicted molar refractivity (Wildman–Crippen MR) is 91.3 cm³/mol. The Morgan fingerprint density at radius 2 is 1.96 bits per heavy atom. The summed E-state index contributed by atoms with van der Waals surface area (Å²) in [4.78, 5) is 8.73. The van der Waals surface area contributed by atoms with E-state index in [1.165, 1.54) is 0 Å². The normalized spacial score (nSPS) is 11.6. The Bertz CT molecular complexity index is 641. The molecule has 0 atom stereocenters. The van der Waals surface area contributed by atoms with Gasteiger partial charge in [-0.3, -0.25) is 9.98 Å². The number of hydrogen-bond acceptors (Lipinski definition) is 4. The Morgan fingerprint density at radius 1 is 1.17 bits per heavy atom. The number of guanidine groups is 1. The van der Waals surface area contributed by atoms with E-state index in [0.29, 0.717) is 13.1 Å². The maximum absolute atomic E-state index is 5.38. The van der Waals surface area contributed by atoms with Crippen LogP contribution in [0.2, 0.25) is 0 Å². The molecule has 0 saturated carbocycles. The lowest BCUT2D eigenvalue weighted by Crippen LogP contribution is -2.36. The van der Waals surface area contributed by atoms with Gasteiger partial charge >= 0.3 is 0 Å². The molecule has 2 heterocycles. The Balaban J connectivity index is 1.94. The zero-order chi connectivity index (χ0) is 16.7. The summed E-state index contributed by atoms with van der Waals surface area (Å²) in [7, 11) is 1.76. The van der Waals surface area contributed by atoms with Gasteiger partial charge < -0.3 is 15.2 Å². The van der Waals surface area contributed by atoms with Crippen molar-refractivity contribution in [1.29, 1.82) is 0 Å². The second-order valence-electron chi connectivity index (χ2n) is 5.29. The number of hydrogen-bond donors (Lipinski definition) is 2. The molecule has 23 heavy (non-hydrogen) atoms. The molecule has 0 spiro atoms. The van der Waals surface area contributed by atoms with Crippen molar-refractivity contribution >= 4 is 5.96 Å². The van der Waals surface area contributed by atoms with Crippen LogP contribution < -0.4 is 10.6 Å². The smallest absolute Gasteiger partial charge is 0.191 e. The summed E-state index contributed by atoms with van der Waals surface area (Å²) < 4.78 is 5.38. The van der Waals surface area contributed by atoms with E-state index in [1.54, 1.807) is 7.05 Å². The fourth-order valence-corrected chi connectivity index (χ4v) is 2.40. The van der Waals surface area contributed by atoms with Gasteiger partial charge in [0.1, 0.15) is 5.76 Å². The second-order valence-corrected chi connectivity index (χ2v) is 5.29. The zero-order valence-electron chi connectivity index (χ0n) is 14.3. The van der Waals surface area contributed by atoms with Crippen molar-refractivity contribution in [1.82, 2.24) is 20.8 Å². The molecule has 2 rings (SSSR count). The molecule has 0 amide bonds. The number of pyridine rings is 1. The van der Waals surface area contributed by atoms with Crippen LogP contribution in [0.5, 0.6) is 0 Å². The van der Waals surface area contributed by atoms with Crippen LogP contribution >= 0.6 is 0 Å². The van der Waals surface area contributed by atoms with Gasteiger partial charge in [-0.05, 0) is 25.5 Å². The van der Waals surface area contributed by atoms with Crippen molar-refractivity contribution < 1.29 is 4.52 Å². The first-order valence-corrected chi connectivity index (χ1v) is 8.01. The highest BCUT2D eigenvalue weighted by Gasteiger charge is 2.13. The van der Waals surface area contributed by atoms with Crippen LogP contribution in [0.3, 0.4) is 0 Å². The molecule has 2 N–H and O–H groups in total. The number of nitrogens with one attached hydrogen (secondary N) is 2. The average molecular weight is 315 g/mol. The molecule has 0 aliphatic carbocycles. The van der Waals surface area contributed by atoms with E-state index in [0.717, 1.165) is 47.2 Å². The van der Waals surface area contributed by atoms with Gasteiger partial charge in [-0.25, -0.2) is 0 Å². The van der Waals surface area contributed by atoms with E-state index >= 15 is 0 Å². The van der Waals surface area contributed by atoms with E-state index in [-0.39, 0.29) is 0 Å². The number of aryl methyl sites for hydroxylation is 3. The monoisotopic (exact) mass is 315 g/mol. The molecule has 6 heteroatoms. The lowest BCUT2D eigenvalue weighted by atomic mass is 10.1. The molecular weight excluding hydrogens is 290 g/mol. The van der Waals surface area contributed by atoms with Gasteiger partial charge in [0.25, 0.3) is 0 Å². The summed E-state index contributed by atoms with van der Waals surface area (Å²) in [6.45, 7) is 7.42. The first-order valence-electron chi connectivity index (χ1n) is 8.01. The summed E-state index contributed by atoms with van der Waals surface area (Å²) in [5, 5.41) is 10.7. The Kier molecular flexibility index (Phi) is 6.14.